The van der Waals surface area contributed by atoms with Crippen molar-refractivity contribution in [2.45, 2.75) is 51.9 Å². The summed E-state index contributed by atoms with van der Waals surface area (Å²) in [5, 5.41) is 0.367. The van der Waals surface area contributed by atoms with Crippen molar-refractivity contribution in [2.75, 3.05) is 12.4 Å². The van der Waals surface area contributed by atoms with Gasteiger partial charge in [-0.2, -0.15) is 0 Å². The fourth-order valence-electron chi connectivity index (χ4n) is 4.61. The van der Waals surface area contributed by atoms with Crippen LogP contribution in [-0.4, -0.2) is 31.1 Å². The van der Waals surface area contributed by atoms with Crippen LogP contribution in [0.2, 0.25) is 10.0 Å². The van der Waals surface area contributed by atoms with Crippen LogP contribution in [0.15, 0.2) is 6.07 Å². The first-order valence-electron chi connectivity index (χ1n) is 9.31. The molecule has 0 radical (unpaired) electrons. The van der Waals surface area contributed by atoms with Gasteiger partial charge in [-0.25, -0.2) is 8.42 Å². The third-order valence-corrected chi connectivity index (χ3v) is 7.64. The van der Waals surface area contributed by atoms with E-state index in [0.717, 1.165) is 37.7 Å². The quantitative estimate of drug-likeness (QED) is 0.353. The molecular formula is C19H23Cl2NaO5S. The average molecular weight is 457 g/mol. The van der Waals surface area contributed by atoms with Crippen molar-refractivity contribution in [1.29, 1.82) is 0 Å². The molecule has 1 fully saturated rings. The average Bonchev–Trinajstić information content (AvgIpc) is 3.22. The Morgan fingerprint density at radius 3 is 2.46 bits per heavy atom. The molecule has 2 aliphatic rings. The number of hydrogen-bond acceptors (Lipinski definition) is 5. The first-order valence-corrected chi connectivity index (χ1v) is 11.6. The van der Waals surface area contributed by atoms with Gasteiger partial charge >= 0.3 is 29.6 Å². The summed E-state index contributed by atoms with van der Waals surface area (Å²) < 4.78 is 37.6. The van der Waals surface area contributed by atoms with Crippen LogP contribution in [0.25, 0.3) is 0 Å². The van der Waals surface area contributed by atoms with E-state index in [2.05, 4.69) is 6.92 Å². The molecule has 1 aromatic rings. The SMILES string of the molecule is CCC1(C2CCCC2)Cc2cc(OCCCS(=O)(=O)[O-])c(Cl)c(Cl)c2C1=O.[Na+]. The topological polar surface area (TPSA) is 83.5 Å². The van der Waals surface area contributed by atoms with E-state index in [4.69, 9.17) is 27.9 Å². The zero-order valence-electron chi connectivity index (χ0n) is 16.2. The number of ketones is 1. The fourth-order valence-corrected chi connectivity index (χ4v) is 5.59. The summed E-state index contributed by atoms with van der Waals surface area (Å²) in [7, 11) is -4.28. The van der Waals surface area contributed by atoms with Gasteiger partial charge in [-0.15, -0.1) is 0 Å². The Hall–Kier alpha value is 0.180. The van der Waals surface area contributed by atoms with Crippen LogP contribution < -0.4 is 34.3 Å². The second-order valence-electron chi connectivity index (χ2n) is 7.50. The van der Waals surface area contributed by atoms with Gasteiger partial charge in [0.1, 0.15) is 10.8 Å². The second kappa shape index (κ2) is 9.54. The van der Waals surface area contributed by atoms with Crippen molar-refractivity contribution in [3.8, 4) is 5.75 Å². The molecule has 0 spiro atoms. The van der Waals surface area contributed by atoms with E-state index in [1.54, 1.807) is 6.07 Å². The minimum Gasteiger partial charge on any atom is -0.748 e. The van der Waals surface area contributed by atoms with Gasteiger partial charge in [-0.05, 0) is 49.7 Å². The van der Waals surface area contributed by atoms with E-state index in [1.165, 1.54) is 0 Å². The molecule has 1 atom stereocenters. The largest absolute Gasteiger partial charge is 1.00 e. The molecule has 1 saturated carbocycles. The molecule has 3 rings (SSSR count). The number of rotatable bonds is 7. The van der Waals surface area contributed by atoms with Crippen LogP contribution in [0, 0.1) is 11.3 Å². The summed E-state index contributed by atoms with van der Waals surface area (Å²) in [5.74, 6) is 0.282. The van der Waals surface area contributed by atoms with Crippen LogP contribution in [0.5, 0.6) is 5.75 Å². The molecule has 0 bridgehead atoms. The molecule has 0 aliphatic heterocycles. The maximum atomic E-state index is 13.3. The minimum absolute atomic E-state index is 0. The van der Waals surface area contributed by atoms with Gasteiger partial charge in [-0.3, -0.25) is 4.79 Å². The van der Waals surface area contributed by atoms with Gasteiger partial charge in [0, 0.05) is 16.7 Å². The van der Waals surface area contributed by atoms with Crippen molar-refractivity contribution in [2.24, 2.45) is 11.3 Å². The Morgan fingerprint density at radius 2 is 1.89 bits per heavy atom. The Bertz CT molecular complexity index is 852. The number of fused-ring (bicyclic) bond motifs is 1. The smallest absolute Gasteiger partial charge is 0.748 e. The third-order valence-electron chi connectivity index (χ3n) is 6.00. The molecule has 28 heavy (non-hydrogen) atoms. The summed E-state index contributed by atoms with van der Waals surface area (Å²) in [5.41, 5.74) is 0.931. The Balaban J connectivity index is 0.00000280. The van der Waals surface area contributed by atoms with E-state index >= 15 is 0 Å². The second-order valence-corrected chi connectivity index (χ2v) is 9.78. The first kappa shape index (κ1) is 24.4. The van der Waals surface area contributed by atoms with Crippen molar-refractivity contribution in [3.63, 3.8) is 0 Å². The van der Waals surface area contributed by atoms with Gasteiger partial charge in [-0.1, -0.05) is 43.0 Å². The summed E-state index contributed by atoms with van der Waals surface area (Å²) in [4.78, 5) is 13.3. The maximum absolute atomic E-state index is 13.3. The zero-order chi connectivity index (χ0) is 19.8. The van der Waals surface area contributed by atoms with Crippen molar-refractivity contribution < 1.29 is 52.1 Å². The number of carbonyl (C=O) groups is 1. The predicted molar refractivity (Wildman–Crippen MR) is 104 cm³/mol. The Morgan fingerprint density at radius 1 is 1.25 bits per heavy atom. The molecule has 1 unspecified atom stereocenters. The maximum Gasteiger partial charge on any atom is 1.00 e. The standard InChI is InChI=1S/C19H24Cl2O5S.Na/c1-2-19(13-6-3-4-7-13)11-12-10-14(26-8-5-9-27(23,24)25)16(20)17(21)15(12)18(19)22;/h10,13H,2-9,11H2,1H3,(H,23,24,25);/q;+1/p-1. The van der Waals surface area contributed by atoms with Crippen LogP contribution >= 0.6 is 23.2 Å². The van der Waals surface area contributed by atoms with Gasteiger partial charge < -0.3 is 9.29 Å². The number of hydrogen-bond donors (Lipinski definition) is 0. The minimum atomic E-state index is -4.28. The number of halogens is 2. The summed E-state index contributed by atoms with van der Waals surface area (Å²) in [6, 6.07) is 1.75. The van der Waals surface area contributed by atoms with E-state index < -0.39 is 21.3 Å². The van der Waals surface area contributed by atoms with Crippen molar-refractivity contribution >= 4 is 39.1 Å². The molecule has 0 heterocycles. The molecule has 2 aliphatic carbocycles. The number of ether oxygens (including phenoxy) is 1. The Labute approximate surface area is 198 Å². The van der Waals surface area contributed by atoms with E-state index in [9.17, 15) is 17.8 Å². The first-order chi connectivity index (χ1) is 12.7. The van der Waals surface area contributed by atoms with Crippen LogP contribution in [0.4, 0.5) is 0 Å². The van der Waals surface area contributed by atoms with Gasteiger partial charge in [0.2, 0.25) is 0 Å². The molecular weight excluding hydrogens is 434 g/mol. The van der Waals surface area contributed by atoms with E-state index in [0.29, 0.717) is 23.7 Å². The molecule has 0 saturated heterocycles. The zero-order valence-corrected chi connectivity index (χ0v) is 20.6. The predicted octanol–water partition coefficient (Wildman–Crippen LogP) is 1.64. The summed E-state index contributed by atoms with van der Waals surface area (Å²) in [6.45, 7) is 2.09. The molecule has 9 heteroatoms. The van der Waals surface area contributed by atoms with Crippen LogP contribution in [0.1, 0.15) is 61.4 Å². The summed E-state index contributed by atoms with van der Waals surface area (Å²) in [6.07, 6.45) is 5.89. The molecule has 150 valence electrons. The number of Topliss-reactive ketones (excluding diaryl/α,β-unsaturated/α-hetero) is 1. The van der Waals surface area contributed by atoms with Crippen molar-refractivity contribution in [3.05, 3.63) is 27.2 Å². The van der Waals surface area contributed by atoms with Gasteiger partial charge in [0.15, 0.2) is 5.78 Å². The molecule has 0 aromatic heterocycles. The van der Waals surface area contributed by atoms with Crippen LogP contribution in [-0.2, 0) is 16.5 Å². The number of benzene rings is 1. The third kappa shape index (κ3) is 4.74. The monoisotopic (exact) mass is 456 g/mol. The van der Waals surface area contributed by atoms with Gasteiger partial charge in [0.05, 0.1) is 21.7 Å². The molecule has 1 aromatic carbocycles. The molecule has 0 amide bonds. The normalized spacial score (nSPS) is 22.2. The van der Waals surface area contributed by atoms with E-state index in [-0.39, 0.29) is 58.4 Å². The van der Waals surface area contributed by atoms with E-state index in [1.807, 2.05) is 0 Å². The van der Waals surface area contributed by atoms with Gasteiger partial charge in [0.25, 0.3) is 0 Å². The van der Waals surface area contributed by atoms with Crippen molar-refractivity contribution in [1.82, 2.24) is 0 Å². The molecule has 5 nitrogen and oxygen atoms in total. The van der Waals surface area contributed by atoms with Crippen LogP contribution in [0.3, 0.4) is 0 Å². The summed E-state index contributed by atoms with van der Waals surface area (Å²) >= 11 is 12.8. The number of carbonyl (C=O) groups excluding carboxylic acids is 1. The Kier molecular flexibility index (Phi) is 8.33. The molecule has 0 N–H and O–H groups in total. The fraction of sp³-hybridized carbons (Fsp3) is 0.632.